The van der Waals surface area contributed by atoms with Crippen molar-refractivity contribution in [3.63, 3.8) is 0 Å². The van der Waals surface area contributed by atoms with Crippen LogP contribution in [0.1, 0.15) is 39.0 Å². The number of hydrogen-bond donors (Lipinski definition) is 2. The molecule has 1 rings (SSSR count). The first-order valence-corrected chi connectivity index (χ1v) is 5.75. The Hall–Kier alpha value is -1.02. The zero-order valence-corrected chi connectivity index (χ0v) is 9.65. The Morgan fingerprint density at radius 1 is 1.00 bits per heavy atom. The highest BCUT2D eigenvalue weighted by molar-refractivity contribution is 5.18. The first-order valence-electron chi connectivity index (χ1n) is 5.75. The van der Waals surface area contributed by atoms with Crippen molar-refractivity contribution in [1.82, 2.24) is 0 Å². The first kappa shape index (κ1) is 14.0. The summed E-state index contributed by atoms with van der Waals surface area (Å²) < 4.78 is 0. The van der Waals surface area contributed by atoms with Crippen LogP contribution in [0.5, 0.6) is 5.75 Å². The zero-order valence-electron chi connectivity index (χ0n) is 9.65. The number of phenolic OH excluding ortho intramolecular Hbond substituents is 1. The molecule has 1 aromatic carbocycles. The Labute approximate surface area is 93.1 Å². The van der Waals surface area contributed by atoms with Crippen LogP contribution >= 0.6 is 0 Å². The van der Waals surface area contributed by atoms with Gasteiger partial charge in [0.15, 0.2) is 0 Å². The van der Waals surface area contributed by atoms with E-state index >= 15 is 0 Å². The molecule has 15 heavy (non-hydrogen) atoms. The highest BCUT2D eigenvalue weighted by Crippen LogP contribution is 2.02. The van der Waals surface area contributed by atoms with Crippen LogP contribution in [0.3, 0.4) is 0 Å². The predicted octanol–water partition coefficient (Wildman–Crippen LogP) is 3.31. The standard InChI is InChI=1S/C7H17N.C6H6O/c1-2-3-4-5-6-7-8;7-6-4-2-1-3-5-6/h2-8H2,1H3;1-5,7H. The Morgan fingerprint density at radius 3 is 2.00 bits per heavy atom. The van der Waals surface area contributed by atoms with Crippen LogP contribution < -0.4 is 5.73 Å². The predicted molar refractivity (Wildman–Crippen MR) is 65.9 cm³/mol. The maximum Gasteiger partial charge on any atom is 0.115 e. The Bertz CT molecular complexity index is 205. The third-order valence-electron chi connectivity index (χ3n) is 2.06. The summed E-state index contributed by atoms with van der Waals surface area (Å²) in [7, 11) is 0. The van der Waals surface area contributed by atoms with Crippen molar-refractivity contribution in [2.75, 3.05) is 6.54 Å². The van der Waals surface area contributed by atoms with Gasteiger partial charge in [-0.3, -0.25) is 0 Å². The second-order valence-electron chi connectivity index (χ2n) is 3.54. The van der Waals surface area contributed by atoms with Gasteiger partial charge in [0.1, 0.15) is 5.75 Å². The molecule has 0 unspecified atom stereocenters. The van der Waals surface area contributed by atoms with Gasteiger partial charge in [-0.25, -0.2) is 0 Å². The molecule has 0 atom stereocenters. The fourth-order valence-electron chi connectivity index (χ4n) is 1.18. The molecule has 0 amide bonds. The molecule has 0 aliphatic carbocycles. The van der Waals surface area contributed by atoms with Gasteiger partial charge in [0.05, 0.1) is 0 Å². The highest BCUT2D eigenvalue weighted by Gasteiger charge is 1.83. The van der Waals surface area contributed by atoms with Gasteiger partial charge in [0.2, 0.25) is 0 Å². The lowest BCUT2D eigenvalue weighted by Crippen LogP contribution is -1.97. The second kappa shape index (κ2) is 11.1. The second-order valence-corrected chi connectivity index (χ2v) is 3.54. The maximum atomic E-state index is 8.63. The summed E-state index contributed by atoms with van der Waals surface area (Å²) in [4.78, 5) is 0. The normalized spacial score (nSPS) is 9.20. The van der Waals surface area contributed by atoms with Crippen LogP contribution in [-0.4, -0.2) is 11.7 Å². The summed E-state index contributed by atoms with van der Waals surface area (Å²) in [5.41, 5.74) is 5.31. The molecule has 0 saturated heterocycles. The van der Waals surface area contributed by atoms with E-state index in [1.54, 1.807) is 24.3 Å². The molecule has 0 radical (unpaired) electrons. The number of nitrogens with two attached hydrogens (primary N) is 1. The smallest absolute Gasteiger partial charge is 0.115 e. The molecule has 0 aliphatic rings. The summed E-state index contributed by atoms with van der Waals surface area (Å²) >= 11 is 0. The van der Waals surface area contributed by atoms with E-state index in [1.165, 1.54) is 32.1 Å². The van der Waals surface area contributed by atoms with Gasteiger partial charge in [-0.05, 0) is 25.1 Å². The molecule has 0 saturated carbocycles. The van der Waals surface area contributed by atoms with Crippen molar-refractivity contribution >= 4 is 0 Å². The lowest BCUT2D eigenvalue weighted by molar-refractivity contribution is 0.475. The van der Waals surface area contributed by atoms with Gasteiger partial charge in [0, 0.05) is 0 Å². The highest BCUT2D eigenvalue weighted by atomic mass is 16.3. The topological polar surface area (TPSA) is 46.2 Å². The van der Waals surface area contributed by atoms with Crippen molar-refractivity contribution < 1.29 is 5.11 Å². The third kappa shape index (κ3) is 10.9. The van der Waals surface area contributed by atoms with Crippen molar-refractivity contribution in [2.45, 2.75) is 39.0 Å². The minimum absolute atomic E-state index is 0.322. The van der Waals surface area contributed by atoms with E-state index in [1.807, 2.05) is 6.07 Å². The van der Waals surface area contributed by atoms with Crippen LogP contribution in [0.2, 0.25) is 0 Å². The van der Waals surface area contributed by atoms with Gasteiger partial charge < -0.3 is 10.8 Å². The van der Waals surface area contributed by atoms with E-state index in [2.05, 4.69) is 6.92 Å². The third-order valence-corrected chi connectivity index (χ3v) is 2.06. The fourth-order valence-corrected chi connectivity index (χ4v) is 1.18. The van der Waals surface area contributed by atoms with Crippen LogP contribution in [0.4, 0.5) is 0 Å². The van der Waals surface area contributed by atoms with E-state index in [-0.39, 0.29) is 0 Å². The molecule has 0 bridgehead atoms. The Kier molecular flexibility index (Phi) is 10.3. The van der Waals surface area contributed by atoms with Crippen molar-refractivity contribution in [1.29, 1.82) is 0 Å². The molecule has 2 nitrogen and oxygen atoms in total. The first-order chi connectivity index (χ1) is 7.31. The fraction of sp³-hybridized carbons (Fsp3) is 0.538. The minimum Gasteiger partial charge on any atom is -0.508 e. The summed E-state index contributed by atoms with van der Waals surface area (Å²) in [5, 5.41) is 8.63. The molecule has 0 spiro atoms. The summed E-state index contributed by atoms with van der Waals surface area (Å²) in [6.07, 6.45) is 6.60. The van der Waals surface area contributed by atoms with E-state index in [9.17, 15) is 0 Å². The molecule has 0 aliphatic heterocycles. The number of rotatable bonds is 5. The van der Waals surface area contributed by atoms with Crippen molar-refractivity contribution in [2.24, 2.45) is 5.73 Å². The Balaban J connectivity index is 0.000000262. The van der Waals surface area contributed by atoms with Gasteiger partial charge in [0.25, 0.3) is 0 Å². The minimum atomic E-state index is 0.322. The van der Waals surface area contributed by atoms with E-state index < -0.39 is 0 Å². The molecule has 86 valence electrons. The van der Waals surface area contributed by atoms with E-state index in [0.29, 0.717) is 5.75 Å². The zero-order chi connectivity index (χ0) is 11.4. The average Bonchev–Trinajstić information content (AvgIpc) is 2.27. The molecular formula is C13H23NO. The molecule has 0 fully saturated rings. The van der Waals surface area contributed by atoms with Crippen LogP contribution in [-0.2, 0) is 0 Å². The SMILES string of the molecule is CCCCCCCN.Oc1ccccc1. The summed E-state index contributed by atoms with van der Waals surface area (Å²) in [6.45, 7) is 3.09. The monoisotopic (exact) mass is 209 g/mol. The van der Waals surface area contributed by atoms with Crippen molar-refractivity contribution in [3.8, 4) is 5.75 Å². The van der Waals surface area contributed by atoms with Crippen LogP contribution in [0, 0.1) is 0 Å². The van der Waals surface area contributed by atoms with Crippen LogP contribution in [0.15, 0.2) is 30.3 Å². The molecule has 1 aromatic rings. The molecule has 0 heterocycles. The van der Waals surface area contributed by atoms with E-state index in [0.717, 1.165) is 6.54 Å². The van der Waals surface area contributed by atoms with Gasteiger partial charge in [-0.15, -0.1) is 0 Å². The molecule has 3 N–H and O–H groups in total. The number of benzene rings is 1. The van der Waals surface area contributed by atoms with Gasteiger partial charge in [-0.1, -0.05) is 50.8 Å². The number of unbranched alkanes of at least 4 members (excludes halogenated alkanes) is 4. The number of hydrogen-bond acceptors (Lipinski definition) is 2. The molecule has 2 heteroatoms. The van der Waals surface area contributed by atoms with Gasteiger partial charge in [-0.2, -0.15) is 0 Å². The lowest BCUT2D eigenvalue weighted by Gasteiger charge is -1.93. The maximum absolute atomic E-state index is 8.63. The number of para-hydroxylation sites is 1. The summed E-state index contributed by atoms with van der Waals surface area (Å²) in [5.74, 6) is 0.322. The molecular weight excluding hydrogens is 186 g/mol. The summed E-state index contributed by atoms with van der Waals surface area (Å²) in [6, 6.07) is 8.71. The molecule has 0 aromatic heterocycles. The number of aromatic hydroxyl groups is 1. The largest absolute Gasteiger partial charge is 0.508 e. The van der Waals surface area contributed by atoms with Crippen molar-refractivity contribution in [3.05, 3.63) is 30.3 Å². The van der Waals surface area contributed by atoms with E-state index in [4.69, 9.17) is 10.8 Å². The number of phenols is 1. The van der Waals surface area contributed by atoms with Crippen LogP contribution in [0.25, 0.3) is 0 Å². The average molecular weight is 209 g/mol. The quantitative estimate of drug-likeness (QED) is 0.731. The van der Waals surface area contributed by atoms with Gasteiger partial charge >= 0.3 is 0 Å². The lowest BCUT2D eigenvalue weighted by atomic mass is 10.2. The Morgan fingerprint density at radius 2 is 1.60 bits per heavy atom.